The highest BCUT2D eigenvalue weighted by atomic mass is 35.5. The molecule has 1 aliphatic carbocycles. The van der Waals surface area contributed by atoms with Crippen LogP contribution in [0.1, 0.15) is 36.3 Å². The molecule has 0 radical (unpaired) electrons. The molecule has 2 heteroatoms. The van der Waals surface area contributed by atoms with Crippen molar-refractivity contribution in [1.82, 2.24) is 0 Å². The fourth-order valence-electron chi connectivity index (χ4n) is 2.23. The van der Waals surface area contributed by atoms with E-state index in [1.54, 1.807) is 0 Å². The molecule has 0 spiro atoms. The first-order valence-corrected chi connectivity index (χ1v) is 5.83. The zero-order valence-corrected chi connectivity index (χ0v) is 9.37. The van der Waals surface area contributed by atoms with Gasteiger partial charge in [-0.05, 0) is 36.3 Å². The minimum absolute atomic E-state index is 0.355. The maximum atomic E-state index is 8.57. The number of hydrogen-bond acceptors (Lipinski definition) is 1. The second-order valence-electron chi connectivity index (χ2n) is 4.18. The lowest BCUT2D eigenvalue weighted by atomic mass is 9.96. The molecule has 0 amide bonds. The number of benzene rings is 1. The first-order valence-electron chi connectivity index (χ1n) is 5.39. The van der Waals surface area contributed by atoms with Crippen LogP contribution in [0.5, 0.6) is 0 Å². The van der Waals surface area contributed by atoms with E-state index >= 15 is 0 Å². The lowest BCUT2D eigenvalue weighted by Crippen LogP contribution is -1.94. The van der Waals surface area contributed by atoms with E-state index in [2.05, 4.69) is 30.3 Å². The summed E-state index contributed by atoms with van der Waals surface area (Å²) in [6, 6.07) is 10.6. The highest BCUT2D eigenvalue weighted by Gasteiger charge is 2.23. The second kappa shape index (κ2) is 4.68. The lowest BCUT2D eigenvalue weighted by Gasteiger charge is -2.09. The molecule has 2 unspecified atom stereocenters. The van der Waals surface area contributed by atoms with Crippen molar-refractivity contribution in [2.45, 2.75) is 37.0 Å². The molecule has 1 aromatic carbocycles. The smallest absolute Gasteiger partial charge is 0.0669 e. The van der Waals surface area contributed by atoms with Crippen LogP contribution in [-0.4, -0.2) is 5.38 Å². The van der Waals surface area contributed by atoms with Crippen molar-refractivity contribution in [2.24, 2.45) is 0 Å². The van der Waals surface area contributed by atoms with E-state index in [0.29, 0.717) is 17.7 Å². The van der Waals surface area contributed by atoms with Crippen molar-refractivity contribution in [3.8, 4) is 6.07 Å². The Morgan fingerprint density at radius 1 is 1.27 bits per heavy atom. The zero-order valence-electron chi connectivity index (χ0n) is 8.62. The van der Waals surface area contributed by atoms with E-state index in [-0.39, 0.29) is 0 Å². The van der Waals surface area contributed by atoms with Gasteiger partial charge in [0.25, 0.3) is 0 Å². The Hall–Kier alpha value is -1.00. The molecule has 1 nitrogen and oxygen atoms in total. The summed E-state index contributed by atoms with van der Waals surface area (Å²) in [4.78, 5) is 0. The third-order valence-corrected chi connectivity index (χ3v) is 3.50. The summed E-state index contributed by atoms with van der Waals surface area (Å²) in [7, 11) is 0. The molecular weight excluding hydrogens is 206 g/mol. The van der Waals surface area contributed by atoms with Crippen LogP contribution in [-0.2, 0) is 6.42 Å². The van der Waals surface area contributed by atoms with Gasteiger partial charge in [0.05, 0.1) is 12.5 Å². The summed E-state index contributed by atoms with van der Waals surface area (Å²) in [5, 5.41) is 8.92. The lowest BCUT2D eigenvalue weighted by molar-refractivity contribution is 0.724. The average Bonchev–Trinajstić information content (AvgIpc) is 2.67. The monoisotopic (exact) mass is 219 g/mol. The zero-order chi connectivity index (χ0) is 10.7. The van der Waals surface area contributed by atoms with E-state index in [4.69, 9.17) is 16.9 Å². The Bertz CT molecular complexity index is 363. The van der Waals surface area contributed by atoms with Crippen molar-refractivity contribution in [1.29, 1.82) is 5.26 Å². The summed E-state index contributed by atoms with van der Waals surface area (Å²) in [5.41, 5.74) is 2.47. The Morgan fingerprint density at radius 3 is 2.53 bits per heavy atom. The van der Waals surface area contributed by atoms with Gasteiger partial charge in [-0.3, -0.25) is 0 Å². The maximum Gasteiger partial charge on any atom is 0.0669 e. The van der Waals surface area contributed by atoms with Crippen LogP contribution in [0.4, 0.5) is 0 Å². The molecule has 15 heavy (non-hydrogen) atoms. The van der Waals surface area contributed by atoms with E-state index in [0.717, 1.165) is 18.4 Å². The molecule has 1 saturated carbocycles. The van der Waals surface area contributed by atoms with Crippen molar-refractivity contribution in [2.75, 3.05) is 0 Å². The fraction of sp³-hybridized carbons (Fsp3) is 0.462. The molecule has 1 fully saturated rings. The quantitative estimate of drug-likeness (QED) is 0.697. The van der Waals surface area contributed by atoms with Crippen molar-refractivity contribution >= 4 is 11.6 Å². The third-order valence-electron chi connectivity index (χ3n) is 3.10. The SMILES string of the molecule is N#CCc1ccc(C2CCC(Cl)C2)cc1. The summed E-state index contributed by atoms with van der Waals surface area (Å²) in [6.07, 6.45) is 3.93. The summed E-state index contributed by atoms with van der Waals surface area (Å²) < 4.78 is 0. The van der Waals surface area contributed by atoms with Gasteiger partial charge in [-0.15, -0.1) is 11.6 Å². The largest absolute Gasteiger partial charge is 0.198 e. The first-order chi connectivity index (χ1) is 7.29. The van der Waals surface area contributed by atoms with Gasteiger partial charge < -0.3 is 0 Å². The minimum atomic E-state index is 0.355. The molecule has 0 saturated heterocycles. The molecule has 78 valence electrons. The summed E-state index contributed by atoms with van der Waals surface area (Å²) >= 11 is 6.09. The Morgan fingerprint density at radius 2 is 2.00 bits per heavy atom. The van der Waals surface area contributed by atoms with Crippen molar-refractivity contribution < 1.29 is 0 Å². The topological polar surface area (TPSA) is 23.8 Å². The Kier molecular flexibility index (Phi) is 3.28. The third kappa shape index (κ3) is 2.52. The molecule has 2 rings (SSSR count). The highest BCUT2D eigenvalue weighted by molar-refractivity contribution is 6.20. The van der Waals surface area contributed by atoms with Crippen molar-refractivity contribution in [3.63, 3.8) is 0 Å². The van der Waals surface area contributed by atoms with Crippen LogP contribution in [0.3, 0.4) is 0 Å². The maximum absolute atomic E-state index is 8.57. The normalized spacial score (nSPS) is 25.1. The van der Waals surface area contributed by atoms with Gasteiger partial charge in [0, 0.05) is 5.38 Å². The number of nitriles is 1. The predicted octanol–water partition coefficient (Wildman–Crippen LogP) is 3.63. The number of rotatable bonds is 2. The number of hydrogen-bond donors (Lipinski definition) is 0. The van der Waals surface area contributed by atoms with Crippen LogP contribution < -0.4 is 0 Å². The van der Waals surface area contributed by atoms with Crippen LogP contribution in [0.2, 0.25) is 0 Å². The van der Waals surface area contributed by atoms with Gasteiger partial charge in [-0.1, -0.05) is 24.3 Å². The van der Waals surface area contributed by atoms with Gasteiger partial charge in [0.1, 0.15) is 0 Å². The van der Waals surface area contributed by atoms with Gasteiger partial charge >= 0.3 is 0 Å². The number of nitrogens with zero attached hydrogens (tertiary/aromatic N) is 1. The molecule has 2 atom stereocenters. The van der Waals surface area contributed by atoms with Crippen molar-refractivity contribution in [3.05, 3.63) is 35.4 Å². The standard InChI is InChI=1S/C13H14ClN/c14-13-6-5-12(9-13)11-3-1-10(2-4-11)7-8-15/h1-4,12-13H,5-7,9H2. The summed E-state index contributed by atoms with van der Waals surface area (Å²) in [6.45, 7) is 0. The van der Waals surface area contributed by atoms with E-state index in [9.17, 15) is 0 Å². The number of halogens is 1. The van der Waals surface area contributed by atoms with Crippen LogP contribution in [0, 0.1) is 11.3 Å². The molecule has 0 N–H and O–H groups in total. The average molecular weight is 220 g/mol. The molecular formula is C13H14ClN. The molecule has 1 aromatic rings. The molecule has 0 bridgehead atoms. The highest BCUT2D eigenvalue weighted by Crippen LogP contribution is 2.36. The van der Waals surface area contributed by atoms with Crippen LogP contribution in [0.25, 0.3) is 0 Å². The molecule has 1 aliphatic rings. The second-order valence-corrected chi connectivity index (χ2v) is 4.80. The number of alkyl halides is 1. The van der Waals surface area contributed by atoms with Gasteiger partial charge in [-0.25, -0.2) is 0 Å². The first kappa shape index (κ1) is 10.5. The minimum Gasteiger partial charge on any atom is -0.198 e. The van der Waals surface area contributed by atoms with Gasteiger partial charge in [0.15, 0.2) is 0 Å². The van der Waals surface area contributed by atoms with E-state index in [1.165, 1.54) is 12.0 Å². The van der Waals surface area contributed by atoms with E-state index in [1.807, 2.05) is 0 Å². The van der Waals surface area contributed by atoms with Crippen LogP contribution in [0.15, 0.2) is 24.3 Å². The van der Waals surface area contributed by atoms with E-state index < -0.39 is 0 Å². The molecule has 0 aromatic heterocycles. The predicted molar refractivity (Wildman–Crippen MR) is 62.0 cm³/mol. The summed E-state index contributed by atoms with van der Waals surface area (Å²) in [5.74, 6) is 0.628. The fourth-order valence-corrected chi connectivity index (χ4v) is 2.57. The Labute approximate surface area is 95.7 Å². The molecule has 0 heterocycles. The van der Waals surface area contributed by atoms with Gasteiger partial charge in [-0.2, -0.15) is 5.26 Å². The molecule has 0 aliphatic heterocycles. The van der Waals surface area contributed by atoms with Gasteiger partial charge in [0.2, 0.25) is 0 Å². The Balaban J connectivity index is 2.07. The van der Waals surface area contributed by atoms with Crippen LogP contribution >= 0.6 is 11.6 Å².